The Labute approximate surface area is 115 Å². The monoisotopic (exact) mass is 270 g/mol. The number of halogens is 2. The molecule has 0 aliphatic carbocycles. The zero-order valence-electron chi connectivity index (χ0n) is 9.77. The fourth-order valence-electron chi connectivity index (χ4n) is 1.89. The molecule has 92 valence electrons. The van der Waals surface area contributed by atoms with Gasteiger partial charge in [0.05, 0.1) is 23.6 Å². The molecule has 0 fully saturated rings. The van der Waals surface area contributed by atoms with Gasteiger partial charge in [-0.3, -0.25) is 0 Å². The SMILES string of the molecule is N#Cc1cccc(Cl)c1C(C#N)c1ccc(F)cc1. The fourth-order valence-corrected chi connectivity index (χ4v) is 2.17. The van der Waals surface area contributed by atoms with E-state index >= 15 is 0 Å². The number of nitrogens with zero attached hydrogens (tertiary/aromatic N) is 2. The van der Waals surface area contributed by atoms with Crippen molar-refractivity contribution in [2.24, 2.45) is 0 Å². The molecule has 0 radical (unpaired) electrons. The van der Waals surface area contributed by atoms with Crippen molar-refractivity contribution in [3.8, 4) is 12.1 Å². The number of hydrogen-bond donors (Lipinski definition) is 0. The maximum Gasteiger partial charge on any atom is 0.123 e. The van der Waals surface area contributed by atoms with E-state index in [1.165, 1.54) is 24.3 Å². The Morgan fingerprint density at radius 3 is 2.32 bits per heavy atom. The molecule has 4 heteroatoms. The highest BCUT2D eigenvalue weighted by molar-refractivity contribution is 6.31. The van der Waals surface area contributed by atoms with Gasteiger partial charge >= 0.3 is 0 Å². The minimum atomic E-state index is -0.691. The van der Waals surface area contributed by atoms with Gasteiger partial charge in [0.25, 0.3) is 0 Å². The molecule has 2 nitrogen and oxygen atoms in total. The molecule has 0 spiro atoms. The molecule has 0 aliphatic heterocycles. The molecule has 2 rings (SSSR count). The molecule has 0 aliphatic rings. The number of nitriles is 2. The van der Waals surface area contributed by atoms with Crippen LogP contribution in [0.3, 0.4) is 0 Å². The predicted octanol–water partition coefficient (Wildman–Crippen LogP) is 4.01. The molecule has 0 bridgehead atoms. The van der Waals surface area contributed by atoms with Gasteiger partial charge in [0.1, 0.15) is 5.82 Å². The van der Waals surface area contributed by atoms with Gasteiger partial charge < -0.3 is 0 Å². The van der Waals surface area contributed by atoms with Gasteiger partial charge in [-0.2, -0.15) is 10.5 Å². The summed E-state index contributed by atoms with van der Waals surface area (Å²) < 4.78 is 12.9. The van der Waals surface area contributed by atoms with Crippen molar-refractivity contribution < 1.29 is 4.39 Å². The van der Waals surface area contributed by atoms with Crippen molar-refractivity contribution >= 4 is 11.6 Å². The van der Waals surface area contributed by atoms with Gasteiger partial charge in [0, 0.05) is 10.6 Å². The molecular weight excluding hydrogens is 263 g/mol. The maximum atomic E-state index is 12.9. The molecule has 19 heavy (non-hydrogen) atoms. The predicted molar refractivity (Wildman–Crippen MR) is 70.0 cm³/mol. The average molecular weight is 271 g/mol. The molecule has 0 saturated carbocycles. The van der Waals surface area contributed by atoms with Crippen molar-refractivity contribution in [2.45, 2.75) is 5.92 Å². The normalized spacial score (nSPS) is 11.4. The molecule has 1 unspecified atom stereocenters. The van der Waals surface area contributed by atoms with Crippen molar-refractivity contribution in [3.05, 3.63) is 70.0 Å². The van der Waals surface area contributed by atoms with Crippen LogP contribution in [0.15, 0.2) is 42.5 Å². The molecule has 0 saturated heterocycles. The van der Waals surface area contributed by atoms with Gasteiger partial charge in [-0.25, -0.2) is 4.39 Å². The Hall–Kier alpha value is -2.36. The van der Waals surface area contributed by atoms with E-state index in [0.717, 1.165) is 0 Å². The highest BCUT2D eigenvalue weighted by atomic mass is 35.5. The molecule has 0 N–H and O–H groups in total. The summed E-state index contributed by atoms with van der Waals surface area (Å²) in [5.74, 6) is -1.07. The summed E-state index contributed by atoms with van der Waals surface area (Å²) >= 11 is 6.09. The largest absolute Gasteiger partial charge is 0.207 e. The third-order valence-corrected chi connectivity index (χ3v) is 3.12. The van der Waals surface area contributed by atoms with Crippen LogP contribution >= 0.6 is 11.6 Å². The van der Waals surface area contributed by atoms with Crippen LogP contribution in [0.2, 0.25) is 5.02 Å². The summed E-state index contributed by atoms with van der Waals surface area (Å²) in [6, 6.07) is 14.6. The first-order valence-electron chi connectivity index (χ1n) is 5.51. The summed E-state index contributed by atoms with van der Waals surface area (Å²) in [4.78, 5) is 0. The first-order chi connectivity index (χ1) is 9.17. The van der Waals surface area contributed by atoms with Gasteiger partial charge in [0.2, 0.25) is 0 Å². The van der Waals surface area contributed by atoms with E-state index in [1.807, 2.05) is 6.07 Å². The lowest BCUT2D eigenvalue weighted by Gasteiger charge is -2.13. The second-order valence-electron chi connectivity index (χ2n) is 3.93. The second-order valence-corrected chi connectivity index (χ2v) is 4.33. The lowest BCUT2D eigenvalue weighted by Crippen LogP contribution is -2.02. The zero-order chi connectivity index (χ0) is 13.8. The standard InChI is InChI=1S/C15H8ClFN2/c16-14-3-1-2-11(8-18)15(14)13(9-19)10-4-6-12(17)7-5-10/h1-7,13H. The van der Waals surface area contributed by atoms with Crippen LogP contribution < -0.4 is 0 Å². The molecule has 0 heterocycles. The minimum absolute atomic E-state index is 0.350. The zero-order valence-corrected chi connectivity index (χ0v) is 10.5. The lowest BCUT2D eigenvalue weighted by atomic mass is 9.89. The highest BCUT2D eigenvalue weighted by Crippen LogP contribution is 2.32. The van der Waals surface area contributed by atoms with Gasteiger partial charge in [-0.05, 0) is 29.8 Å². The molecule has 0 aromatic heterocycles. The third-order valence-electron chi connectivity index (χ3n) is 2.79. The van der Waals surface area contributed by atoms with Crippen LogP contribution in [0, 0.1) is 28.5 Å². The second kappa shape index (κ2) is 5.52. The summed E-state index contributed by atoms with van der Waals surface area (Å²) in [5, 5.41) is 18.8. The van der Waals surface area contributed by atoms with E-state index in [0.29, 0.717) is 21.7 Å². The van der Waals surface area contributed by atoms with Crippen molar-refractivity contribution in [1.29, 1.82) is 10.5 Å². The first-order valence-corrected chi connectivity index (χ1v) is 5.88. The number of benzene rings is 2. The Bertz CT molecular complexity index is 681. The van der Waals surface area contributed by atoms with E-state index in [9.17, 15) is 9.65 Å². The van der Waals surface area contributed by atoms with Gasteiger partial charge in [-0.15, -0.1) is 0 Å². The van der Waals surface area contributed by atoms with E-state index in [2.05, 4.69) is 6.07 Å². The molecule has 2 aromatic rings. The Morgan fingerprint density at radius 1 is 1.05 bits per heavy atom. The molecule has 1 atom stereocenters. The van der Waals surface area contributed by atoms with Crippen LogP contribution in [0.1, 0.15) is 22.6 Å². The topological polar surface area (TPSA) is 47.6 Å². The molecular formula is C15H8ClFN2. The maximum absolute atomic E-state index is 12.9. The average Bonchev–Trinajstić information content (AvgIpc) is 2.43. The van der Waals surface area contributed by atoms with E-state index in [1.54, 1.807) is 18.2 Å². The van der Waals surface area contributed by atoms with Crippen molar-refractivity contribution in [2.75, 3.05) is 0 Å². The minimum Gasteiger partial charge on any atom is -0.207 e. The van der Waals surface area contributed by atoms with Crippen LogP contribution in [-0.2, 0) is 0 Å². The summed E-state index contributed by atoms with van der Waals surface area (Å²) in [6.45, 7) is 0. The van der Waals surface area contributed by atoms with Gasteiger partial charge in [-0.1, -0.05) is 29.8 Å². The lowest BCUT2D eigenvalue weighted by molar-refractivity contribution is 0.627. The third kappa shape index (κ3) is 2.57. The van der Waals surface area contributed by atoms with Crippen LogP contribution in [-0.4, -0.2) is 0 Å². The van der Waals surface area contributed by atoms with Gasteiger partial charge in [0.15, 0.2) is 0 Å². The first kappa shape index (κ1) is 13.1. The highest BCUT2D eigenvalue weighted by Gasteiger charge is 2.20. The number of rotatable bonds is 2. The quantitative estimate of drug-likeness (QED) is 0.828. The Morgan fingerprint density at radius 2 is 1.74 bits per heavy atom. The smallest absolute Gasteiger partial charge is 0.123 e. The van der Waals surface area contributed by atoms with E-state index in [-0.39, 0.29) is 5.82 Å². The van der Waals surface area contributed by atoms with Crippen LogP contribution in [0.5, 0.6) is 0 Å². The number of hydrogen-bond acceptors (Lipinski definition) is 2. The van der Waals surface area contributed by atoms with E-state index < -0.39 is 5.92 Å². The van der Waals surface area contributed by atoms with Crippen molar-refractivity contribution in [1.82, 2.24) is 0 Å². The summed E-state index contributed by atoms with van der Waals surface area (Å²) in [7, 11) is 0. The Kier molecular flexibility index (Phi) is 3.80. The molecule has 2 aromatic carbocycles. The molecule has 0 amide bonds. The van der Waals surface area contributed by atoms with Crippen molar-refractivity contribution in [3.63, 3.8) is 0 Å². The van der Waals surface area contributed by atoms with Crippen LogP contribution in [0.4, 0.5) is 4.39 Å². The van der Waals surface area contributed by atoms with E-state index in [4.69, 9.17) is 16.9 Å². The summed E-state index contributed by atoms with van der Waals surface area (Å²) in [6.07, 6.45) is 0. The Balaban J connectivity index is 2.59. The summed E-state index contributed by atoms with van der Waals surface area (Å²) in [5.41, 5.74) is 1.41. The van der Waals surface area contributed by atoms with Crippen LogP contribution in [0.25, 0.3) is 0 Å². The fraction of sp³-hybridized carbons (Fsp3) is 0.0667.